The van der Waals surface area contributed by atoms with E-state index in [1.54, 1.807) is 25.2 Å². The smallest absolute Gasteiger partial charge is 0.251 e. The lowest BCUT2D eigenvalue weighted by Crippen LogP contribution is -2.49. The van der Waals surface area contributed by atoms with Crippen LogP contribution in [0.4, 0.5) is 5.69 Å². The second-order valence-electron chi connectivity index (χ2n) is 11.1. The van der Waals surface area contributed by atoms with Crippen molar-refractivity contribution < 1.29 is 19.1 Å². The first-order chi connectivity index (χ1) is 17.4. The Morgan fingerprint density at radius 1 is 1.32 bits per heavy atom. The number of amidine groups is 1. The summed E-state index contributed by atoms with van der Waals surface area (Å²) < 4.78 is 11.5. The average Bonchev–Trinajstić information content (AvgIpc) is 3.31. The summed E-state index contributed by atoms with van der Waals surface area (Å²) in [6, 6.07) is 4.18. The summed E-state index contributed by atoms with van der Waals surface area (Å²) in [7, 11) is 3.18. The molecule has 0 aromatic heterocycles. The van der Waals surface area contributed by atoms with Gasteiger partial charge in [-0.25, -0.2) is 0 Å². The second-order valence-corrected chi connectivity index (χ2v) is 11.1. The molecule has 2 aliphatic rings. The molecule has 0 radical (unpaired) electrons. The number of likely N-dealkylation sites (N-methyl/N-ethyl adjacent to an activating group) is 1. The molecule has 4 atom stereocenters. The van der Waals surface area contributed by atoms with Crippen LogP contribution < -0.4 is 15.8 Å². The molecule has 37 heavy (non-hydrogen) atoms. The second kappa shape index (κ2) is 11.5. The number of nitrogens with one attached hydrogen (secondary N) is 3. The van der Waals surface area contributed by atoms with Crippen LogP contribution in [0.25, 0.3) is 0 Å². The van der Waals surface area contributed by atoms with Crippen LogP contribution in [0.15, 0.2) is 18.2 Å². The van der Waals surface area contributed by atoms with Gasteiger partial charge in [-0.15, -0.1) is 0 Å². The van der Waals surface area contributed by atoms with Gasteiger partial charge in [0.15, 0.2) is 0 Å². The maximum atomic E-state index is 12.9. The average molecular weight is 515 g/mol. The zero-order valence-corrected chi connectivity index (χ0v) is 22.8. The molecule has 5 N–H and O–H groups in total. The van der Waals surface area contributed by atoms with Crippen molar-refractivity contribution in [3.05, 3.63) is 23.8 Å². The Morgan fingerprint density at radius 3 is 2.65 bits per heavy atom. The summed E-state index contributed by atoms with van der Waals surface area (Å²) in [5, 5.41) is 19.7. The van der Waals surface area contributed by atoms with E-state index in [0.717, 1.165) is 19.3 Å². The molecule has 1 aromatic carbocycles. The van der Waals surface area contributed by atoms with Gasteiger partial charge in [-0.2, -0.15) is 0 Å². The van der Waals surface area contributed by atoms with E-state index < -0.39 is 11.5 Å². The number of carbonyl (C=O) groups is 2. The lowest BCUT2D eigenvalue weighted by molar-refractivity contribution is -0.138. The van der Waals surface area contributed by atoms with E-state index in [1.807, 2.05) is 32.6 Å². The fourth-order valence-electron chi connectivity index (χ4n) is 5.15. The largest absolute Gasteiger partial charge is 0.495 e. The maximum Gasteiger partial charge on any atom is 0.251 e. The van der Waals surface area contributed by atoms with Gasteiger partial charge in [0.1, 0.15) is 17.6 Å². The van der Waals surface area contributed by atoms with Crippen LogP contribution in [-0.2, 0) is 9.53 Å². The molecule has 10 heteroatoms. The molecule has 1 heterocycles. The number of carbonyl (C=O) groups excluding carboxylic acids is 2. The van der Waals surface area contributed by atoms with E-state index in [9.17, 15) is 9.59 Å². The Hall–Kier alpha value is -3.14. The Balaban J connectivity index is 1.62. The van der Waals surface area contributed by atoms with Crippen LogP contribution in [-0.4, -0.2) is 85.2 Å². The first kappa shape index (κ1) is 28.4. The summed E-state index contributed by atoms with van der Waals surface area (Å²) in [6.07, 6.45) is 3.57. The zero-order valence-electron chi connectivity index (χ0n) is 22.8. The molecule has 1 aliphatic carbocycles. The van der Waals surface area contributed by atoms with Crippen LogP contribution in [0, 0.1) is 22.2 Å². The van der Waals surface area contributed by atoms with Crippen molar-refractivity contribution in [2.75, 3.05) is 33.0 Å². The highest BCUT2D eigenvalue weighted by molar-refractivity contribution is 6.04. The Kier molecular flexibility index (Phi) is 8.84. The highest BCUT2D eigenvalue weighted by atomic mass is 16.5. The number of hydrogen-bond acceptors (Lipinski definition) is 7. The summed E-state index contributed by atoms with van der Waals surface area (Å²) in [5.41, 5.74) is 6.16. The van der Waals surface area contributed by atoms with E-state index in [0.29, 0.717) is 30.2 Å². The molecule has 2 amide bonds. The van der Waals surface area contributed by atoms with Gasteiger partial charge in [0, 0.05) is 31.4 Å². The minimum absolute atomic E-state index is 0.00852. The predicted octanol–water partition coefficient (Wildman–Crippen LogP) is 2.77. The molecule has 1 aliphatic heterocycles. The monoisotopic (exact) mass is 514 g/mol. The Labute approximate surface area is 219 Å². The number of methoxy groups -OCH3 is 1. The normalized spacial score (nSPS) is 24.7. The number of nitrogen functional groups attached to an aromatic ring is 1. The molecular weight excluding hydrogens is 472 g/mol. The van der Waals surface area contributed by atoms with Gasteiger partial charge in [0.05, 0.1) is 37.0 Å². The third-order valence-corrected chi connectivity index (χ3v) is 7.56. The van der Waals surface area contributed by atoms with Gasteiger partial charge >= 0.3 is 0 Å². The Bertz CT molecular complexity index is 1030. The summed E-state index contributed by atoms with van der Waals surface area (Å²) in [5.74, 6) is 0.631. The topological polar surface area (TPSA) is 145 Å². The maximum absolute atomic E-state index is 12.9. The fourth-order valence-corrected chi connectivity index (χ4v) is 5.15. The SMILES string of the molecule is COc1cc(C(=O)NC(COC2CCC(N3CC(C)(C)C(=O)N(C)C(C=N)C3=N)C2)C(C)C)ccc1N. The van der Waals surface area contributed by atoms with E-state index in [-0.39, 0.29) is 41.8 Å². The number of ether oxygens (including phenoxy) is 2. The van der Waals surface area contributed by atoms with E-state index >= 15 is 0 Å². The summed E-state index contributed by atoms with van der Waals surface area (Å²) in [4.78, 5) is 29.3. The highest BCUT2D eigenvalue weighted by Crippen LogP contribution is 2.33. The lowest BCUT2D eigenvalue weighted by atomic mass is 9.91. The minimum Gasteiger partial charge on any atom is -0.495 e. The van der Waals surface area contributed by atoms with Crippen LogP contribution in [0.5, 0.6) is 5.75 Å². The third kappa shape index (κ3) is 6.23. The van der Waals surface area contributed by atoms with Gasteiger partial charge in [-0.05, 0) is 57.2 Å². The molecule has 1 saturated heterocycles. The first-order valence-corrected chi connectivity index (χ1v) is 12.9. The third-order valence-electron chi connectivity index (χ3n) is 7.56. The van der Waals surface area contributed by atoms with Gasteiger partial charge in [0.2, 0.25) is 5.91 Å². The van der Waals surface area contributed by atoms with Crippen molar-refractivity contribution in [3.63, 3.8) is 0 Å². The summed E-state index contributed by atoms with van der Waals surface area (Å²) >= 11 is 0. The van der Waals surface area contributed by atoms with E-state index in [2.05, 4.69) is 5.32 Å². The number of nitrogens with two attached hydrogens (primary N) is 1. The van der Waals surface area contributed by atoms with Crippen molar-refractivity contribution in [3.8, 4) is 5.75 Å². The number of amides is 2. The molecule has 2 fully saturated rings. The molecule has 1 aromatic rings. The predicted molar refractivity (Wildman–Crippen MR) is 144 cm³/mol. The van der Waals surface area contributed by atoms with Crippen molar-refractivity contribution in [2.45, 2.75) is 71.2 Å². The highest BCUT2D eigenvalue weighted by Gasteiger charge is 2.44. The van der Waals surface area contributed by atoms with Gasteiger partial charge in [0.25, 0.3) is 5.91 Å². The van der Waals surface area contributed by atoms with Crippen LogP contribution in [0.1, 0.15) is 57.3 Å². The van der Waals surface area contributed by atoms with E-state index in [4.69, 9.17) is 26.0 Å². The molecular formula is C27H42N6O4. The van der Waals surface area contributed by atoms with Crippen molar-refractivity contribution in [2.24, 2.45) is 11.3 Å². The molecule has 204 valence electrons. The fraction of sp³-hybridized carbons (Fsp3) is 0.630. The summed E-state index contributed by atoms with van der Waals surface area (Å²) in [6.45, 7) is 8.69. The minimum atomic E-state index is -0.665. The molecule has 3 rings (SSSR count). The van der Waals surface area contributed by atoms with Crippen LogP contribution in [0.2, 0.25) is 0 Å². The molecule has 0 bridgehead atoms. The van der Waals surface area contributed by atoms with Crippen molar-refractivity contribution in [1.29, 1.82) is 10.8 Å². The number of benzene rings is 1. The number of nitrogens with zero attached hydrogens (tertiary/aromatic N) is 2. The molecule has 1 saturated carbocycles. The van der Waals surface area contributed by atoms with Gasteiger partial charge in [-0.3, -0.25) is 15.0 Å². The number of rotatable bonds is 9. The zero-order chi connectivity index (χ0) is 27.5. The van der Waals surface area contributed by atoms with E-state index in [1.165, 1.54) is 18.2 Å². The quantitative estimate of drug-likeness (QED) is 0.295. The molecule has 10 nitrogen and oxygen atoms in total. The van der Waals surface area contributed by atoms with Crippen LogP contribution in [0.3, 0.4) is 0 Å². The standard InChI is InChI=1S/C27H42N6O4/c1-16(2)21(31-25(34)17-7-10-20(29)23(11-17)36-6)14-37-19-9-8-18(12-19)33-15-27(3,4)26(35)32(5)22(13-28)24(33)30/h7,10-11,13,16,18-19,21-22,28,30H,8-9,12,14-15,29H2,1-6H3,(H,31,34). The van der Waals surface area contributed by atoms with Gasteiger partial charge < -0.3 is 35.7 Å². The van der Waals surface area contributed by atoms with Crippen molar-refractivity contribution >= 4 is 29.6 Å². The van der Waals surface area contributed by atoms with Crippen LogP contribution >= 0.6 is 0 Å². The van der Waals surface area contributed by atoms with Crippen molar-refractivity contribution in [1.82, 2.24) is 15.1 Å². The van der Waals surface area contributed by atoms with Gasteiger partial charge in [-0.1, -0.05) is 13.8 Å². The first-order valence-electron chi connectivity index (χ1n) is 12.9. The number of hydrogen-bond donors (Lipinski definition) is 4. The lowest BCUT2D eigenvalue weighted by Gasteiger charge is -2.35. The number of anilines is 1. The Morgan fingerprint density at radius 2 is 2.03 bits per heavy atom. The molecule has 4 unspecified atom stereocenters. The molecule has 0 spiro atoms.